The lowest BCUT2D eigenvalue weighted by atomic mass is 10.0. The maximum atomic E-state index is 12.4. The van der Waals surface area contributed by atoms with Gasteiger partial charge in [0, 0.05) is 5.39 Å². The Bertz CT molecular complexity index is 945. The van der Waals surface area contributed by atoms with E-state index in [9.17, 15) is 9.59 Å². The maximum absolute atomic E-state index is 12.4. The van der Waals surface area contributed by atoms with E-state index in [-0.39, 0.29) is 24.1 Å². The molecule has 1 N–H and O–H groups in total. The van der Waals surface area contributed by atoms with E-state index in [4.69, 9.17) is 0 Å². The summed E-state index contributed by atoms with van der Waals surface area (Å²) >= 11 is 0. The van der Waals surface area contributed by atoms with E-state index in [2.05, 4.69) is 10.4 Å². The van der Waals surface area contributed by atoms with E-state index < -0.39 is 0 Å². The van der Waals surface area contributed by atoms with E-state index in [1.165, 1.54) is 10.2 Å². The van der Waals surface area contributed by atoms with Crippen LogP contribution in [0.15, 0.2) is 59.5 Å². The van der Waals surface area contributed by atoms with Gasteiger partial charge < -0.3 is 5.32 Å². The Morgan fingerprint density at radius 3 is 2.60 bits per heavy atom. The van der Waals surface area contributed by atoms with Crippen molar-refractivity contribution in [3.63, 3.8) is 0 Å². The summed E-state index contributed by atoms with van der Waals surface area (Å²) in [6, 6.07) is 15.2. The number of hydrogen-bond donors (Lipinski definition) is 1. The van der Waals surface area contributed by atoms with Crippen LogP contribution in [0, 0.1) is 6.92 Å². The minimum Gasteiger partial charge on any atom is -0.348 e. The monoisotopic (exact) mass is 335 g/mol. The highest BCUT2D eigenvalue weighted by atomic mass is 16.2. The van der Waals surface area contributed by atoms with Gasteiger partial charge in [0.2, 0.25) is 5.91 Å². The van der Waals surface area contributed by atoms with E-state index in [0.29, 0.717) is 5.39 Å². The topological polar surface area (TPSA) is 64.0 Å². The van der Waals surface area contributed by atoms with Gasteiger partial charge >= 0.3 is 0 Å². The minimum absolute atomic E-state index is 0.0794. The Morgan fingerprint density at radius 2 is 1.88 bits per heavy atom. The molecule has 0 bridgehead atoms. The molecule has 3 rings (SSSR count). The maximum Gasteiger partial charge on any atom is 0.275 e. The van der Waals surface area contributed by atoms with Crippen molar-refractivity contribution in [3.05, 3.63) is 76.2 Å². The fourth-order valence-corrected chi connectivity index (χ4v) is 2.84. The molecule has 0 aliphatic rings. The Labute approximate surface area is 146 Å². The van der Waals surface area contributed by atoms with Crippen LogP contribution in [-0.4, -0.2) is 15.7 Å². The Hall–Kier alpha value is -2.95. The summed E-state index contributed by atoms with van der Waals surface area (Å²) in [7, 11) is 0. The predicted octanol–water partition coefficient (Wildman–Crippen LogP) is 2.97. The van der Waals surface area contributed by atoms with Crippen molar-refractivity contribution < 1.29 is 4.79 Å². The third kappa shape index (κ3) is 3.76. The van der Waals surface area contributed by atoms with E-state index in [0.717, 1.165) is 17.4 Å². The quantitative estimate of drug-likeness (QED) is 0.779. The average molecular weight is 335 g/mol. The Kier molecular flexibility index (Phi) is 4.93. The first-order valence-corrected chi connectivity index (χ1v) is 8.39. The average Bonchev–Trinajstić information content (AvgIpc) is 2.63. The molecule has 0 aliphatic heterocycles. The zero-order chi connectivity index (χ0) is 17.8. The van der Waals surface area contributed by atoms with Crippen molar-refractivity contribution in [1.82, 2.24) is 15.1 Å². The summed E-state index contributed by atoms with van der Waals surface area (Å²) in [5.41, 5.74) is 1.98. The van der Waals surface area contributed by atoms with Crippen molar-refractivity contribution in [3.8, 4) is 0 Å². The first kappa shape index (κ1) is 16.9. The number of hydrogen-bond acceptors (Lipinski definition) is 3. The van der Waals surface area contributed by atoms with Gasteiger partial charge in [0.05, 0.1) is 17.6 Å². The highest BCUT2D eigenvalue weighted by molar-refractivity contribution is 5.81. The summed E-state index contributed by atoms with van der Waals surface area (Å²) in [5.74, 6) is -0.225. The summed E-state index contributed by atoms with van der Waals surface area (Å²) in [6.45, 7) is 3.96. The third-order valence-corrected chi connectivity index (χ3v) is 4.28. The summed E-state index contributed by atoms with van der Waals surface area (Å²) < 4.78 is 1.21. The zero-order valence-electron chi connectivity index (χ0n) is 14.4. The number of aromatic nitrogens is 2. The molecule has 3 aromatic rings. The van der Waals surface area contributed by atoms with E-state index in [1.807, 2.05) is 50.2 Å². The molecule has 0 fully saturated rings. The van der Waals surface area contributed by atoms with Gasteiger partial charge in [-0.15, -0.1) is 0 Å². The Balaban J connectivity index is 1.76. The molecule has 25 heavy (non-hydrogen) atoms. The second-order valence-corrected chi connectivity index (χ2v) is 6.13. The number of benzene rings is 2. The van der Waals surface area contributed by atoms with Crippen LogP contribution >= 0.6 is 0 Å². The van der Waals surface area contributed by atoms with Crippen LogP contribution in [0.2, 0.25) is 0 Å². The normalized spacial score (nSPS) is 12.1. The van der Waals surface area contributed by atoms with Crippen LogP contribution in [-0.2, 0) is 11.3 Å². The van der Waals surface area contributed by atoms with Crippen molar-refractivity contribution in [2.24, 2.45) is 0 Å². The van der Waals surface area contributed by atoms with Crippen LogP contribution in [0.1, 0.15) is 30.5 Å². The van der Waals surface area contributed by atoms with Gasteiger partial charge in [-0.2, -0.15) is 5.10 Å². The van der Waals surface area contributed by atoms with E-state index in [1.54, 1.807) is 18.3 Å². The van der Waals surface area contributed by atoms with Crippen LogP contribution in [0.3, 0.4) is 0 Å². The third-order valence-electron chi connectivity index (χ3n) is 4.28. The van der Waals surface area contributed by atoms with Gasteiger partial charge in [-0.05, 0) is 25.0 Å². The number of nitrogens with one attached hydrogen (secondary N) is 1. The van der Waals surface area contributed by atoms with E-state index >= 15 is 0 Å². The molecule has 0 saturated carbocycles. The molecule has 1 heterocycles. The molecule has 1 aromatic heterocycles. The molecule has 0 aliphatic carbocycles. The predicted molar refractivity (Wildman–Crippen MR) is 98.4 cm³/mol. The lowest BCUT2D eigenvalue weighted by molar-refractivity contribution is -0.122. The van der Waals surface area contributed by atoms with Crippen molar-refractivity contribution in [1.29, 1.82) is 0 Å². The van der Waals surface area contributed by atoms with Gasteiger partial charge in [-0.3, -0.25) is 9.59 Å². The molecule has 0 saturated heterocycles. The fourth-order valence-electron chi connectivity index (χ4n) is 2.84. The number of carbonyl (C=O) groups excluding carboxylic acids is 1. The molecule has 0 spiro atoms. The van der Waals surface area contributed by atoms with Crippen molar-refractivity contribution in [2.45, 2.75) is 32.9 Å². The molecular formula is C20H21N3O2. The van der Waals surface area contributed by atoms with Crippen LogP contribution in [0.5, 0.6) is 0 Å². The number of aryl methyl sites for hydroxylation is 1. The molecule has 0 radical (unpaired) electrons. The fraction of sp³-hybridized carbons (Fsp3) is 0.250. The molecule has 128 valence electrons. The zero-order valence-corrected chi connectivity index (χ0v) is 14.4. The van der Waals surface area contributed by atoms with Crippen molar-refractivity contribution in [2.75, 3.05) is 0 Å². The summed E-state index contributed by atoms with van der Waals surface area (Å²) in [6.07, 6.45) is 2.39. The molecule has 5 nitrogen and oxygen atoms in total. The molecule has 2 aromatic carbocycles. The van der Waals surface area contributed by atoms with Crippen LogP contribution < -0.4 is 10.9 Å². The molecular weight excluding hydrogens is 314 g/mol. The standard InChI is InChI=1S/C20H21N3O2/c1-3-18(15-10-8-14(2)9-11-15)22-19(24)13-23-20(25)17-7-5-4-6-16(17)12-21-23/h4-12,18H,3,13H2,1-2H3,(H,22,24). The number of amides is 1. The number of nitrogens with zero attached hydrogens (tertiary/aromatic N) is 2. The van der Waals surface area contributed by atoms with Gasteiger partial charge in [0.25, 0.3) is 5.56 Å². The second kappa shape index (κ2) is 7.30. The number of rotatable bonds is 5. The smallest absolute Gasteiger partial charge is 0.275 e. The number of fused-ring (bicyclic) bond motifs is 1. The first-order chi connectivity index (χ1) is 12.1. The second-order valence-electron chi connectivity index (χ2n) is 6.13. The number of carbonyl (C=O) groups is 1. The lowest BCUT2D eigenvalue weighted by Crippen LogP contribution is -2.35. The SMILES string of the molecule is CCC(NC(=O)Cn1ncc2ccccc2c1=O)c1ccc(C)cc1. The van der Waals surface area contributed by atoms with Crippen LogP contribution in [0.4, 0.5) is 0 Å². The molecule has 1 atom stereocenters. The van der Waals surface area contributed by atoms with Gasteiger partial charge in [-0.1, -0.05) is 55.0 Å². The minimum atomic E-state index is -0.253. The summed E-state index contributed by atoms with van der Waals surface area (Å²) in [4.78, 5) is 24.8. The molecule has 1 unspecified atom stereocenters. The Morgan fingerprint density at radius 1 is 1.16 bits per heavy atom. The van der Waals surface area contributed by atoms with Crippen LogP contribution in [0.25, 0.3) is 10.8 Å². The van der Waals surface area contributed by atoms with Gasteiger partial charge in [-0.25, -0.2) is 4.68 Å². The van der Waals surface area contributed by atoms with Crippen molar-refractivity contribution >= 4 is 16.7 Å². The lowest BCUT2D eigenvalue weighted by Gasteiger charge is -2.18. The largest absolute Gasteiger partial charge is 0.348 e. The van der Waals surface area contributed by atoms with Gasteiger partial charge in [0.1, 0.15) is 6.54 Å². The molecule has 1 amide bonds. The molecule has 5 heteroatoms. The first-order valence-electron chi connectivity index (χ1n) is 8.39. The summed E-state index contributed by atoms with van der Waals surface area (Å²) in [5, 5.41) is 8.43. The highest BCUT2D eigenvalue weighted by Gasteiger charge is 2.14. The highest BCUT2D eigenvalue weighted by Crippen LogP contribution is 2.17. The van der Waals surface area contributed by atoms with Gasteiger partial charge in [0.15, 0.2) is 0 Å².